The van der Waals surface area contributed by atoms with Crippen LogP contribution in [0.5, 0.6) is 0 Å². The second-order valence-corrected chi connectivity index (χ2v) is 8.45. The minimum atomic E-state index is -0.662. The van der Waals surface area contributed by atoms with E-state index in [0.717, 1.165) is 5.56 Å². The molecule has 142 valence electrons. The van der Waals surface area contributed by atoms with Crippen molar-refractivity contribution in [3.05, 3.63) is 69.7 Å². The fourth-order valence-electron chi connectivity index (χ4n) is 2.91. The Morgan fingerprint density at radius 2 is 1.81 bits per heavy atom. The maximum absolute atomic E-state index is 13.3. The topological polar surface area (TPSA) is 46.6 Å². The van der Waals surface area contributed by atoms with E-state index < -0.39 is 12.0 Å². The predicted octanol–water partition coefficient (Wildman–Crippen LogP) is 5.20. The number of nitrogens with zero attached hydrogens (tertiary/aromatic N) is 1. The van der Waals surface area contributed by atoms with E-state index in [-0.39, 0.29) is 17.4 Å². The van der Waals surface area contributed by atoms with Gasteiger partial charge in [0.2, 0.25) is 0 Å². The van der Waals surface area contributed by atoms with Crippen LogP contribution in [0.2, 0.25) is 10.0 Å². The van der Waals surface area contributed by atoms with Crippen molar-refractivity contribution in [1.29, 1.82) is 0 Å². The first-order valence-corrected chi connectivity index (χ1v) is 10.3. The van der Waals surface area contributed by atoms with Gasteiger partial charge in [0.1, 0.15) is 11.4 Å². The number of carbonyl (C=O) groups is 2. The Morgan fingerprint density at radius 1 is 1.11 bits per heavy atom. The smallest absolute Gasteiger partial charge is 0.330 e. The molecule has 27 heavy (non-hydrogen) atoms. The summed E-state index contributed by atoms with van der Waals surface area (Å²) in [4.78, 5) is 27.5. The van der Waals surface area contributed by atoms with Crippen molar-refractivity contribution in [2.45, 2.75) is 31.4 Å². The van der Waals surface area contributed by atoms with Crippen LogP contribution < -0.4 is 0 Å². The molecule has 2 aromatic carbocycles. The molecule has 1 heterocycles. The van der Waals surface area contributed by atoms with Crippen molar-refractivity contribution in [2.24, 2.45) is 0 Å². The van der Waals surface area contributed by atoms with E-state index in [0.29, 0.717) is 21.4 Å². The number of esters is 1. The van der Waals surface area contributed by atoms with E-state index in [1.807, 2.05) is 18.2 Å². The van der Waals surface area contributed by atoms with Gasteiger partial charge in [-0.05, 0) is 55.8 Å². The maximum atomic E-state index is 13.3. The number of hydrogen-bond acceptors (Lipinski definition) is 4. The fraction of sp³-hybridized carbons (Fsp3) is 0.300. The summed E-state index contributed by atoms with van der Waals surface area (Å²) in [6, 6.07) is 13.3. The Hall–Kier alpha value is -1.69. The van der Waals surface area contributed by atoms with Crippen LogP contribution in [-0.2, 0) is 9.53 Å². The summed E-state index contributed by atoms with van der Waals surface area (Å²) in [5.41, 5.74) is 1.34. The number of rotatable bonds is 4. The first-order valence-electron chi connectivity index (χ1n) is 8.52. The maximum Gasteiger partial charge on any atom is 0.330 e. The summed E-state index contributed by atoms with van der Waals surface area (Å²) in [5, 5.41) is 0.807. The molecule has 0 aliphatic carbocycles. The van der Waals surface area contributed by atoms with E-state index in [2.05, 4.69) is 0 Å². The molecule has 0 unspecified atom stereocenters. The summed E-state index contributed by atoms with van der Waals surface area (Å²) in [7, 11) is 0. The largest absolute Gasteiger partial charge is 0.461 e. The Morgan fingerprint density at radius 3 is 2.44 bits per heavy atom. The normalized spacial score (nSPS) is 19.4. The lowest BCUT2D eigenvalue weighted by molar-refractivity contribution is -0.151. The van der Waals surface area contributed by atoms with E-state index in [1.165, 1.54) is 11.8 Å². The van der Waals surface area contributed by atoms with Crippen molar-refractivity contribution in [1.82, 2.24) is 4.90 Å². The molecule has 2 atom stereocenters. The molecule has 2 aromatic rings. The zero-order chi connectivity index (χ0) is 19.6. The standard InChI is InChI=1S/C20H19Cl2NO3S/c1-12(2)26-20(25)17-11-27-19(14-4-3-5-16(22)10-14)23(17)18(24)13-6-8-15(21)9-7-13/h3-10,12,17,19H,11H2,1-2H3/t17-,19+/m1/s1. The quantitative estimate of drug-likeness (QED) is 0.633. The van der Waals surface area contributed by atoms with Crippen LogP contribution >= 0.6 is 35.0 Å². The van der Waals surface area contributed by atoms with Gasteiger partial charge >= 0.3 is 5.97 Å². The molecule has 1 fully saturated rings. The minimum absolute atomic E-state index is 0.243. The molecular formula is C20H19Cl2NO3S. The molecule has 0 saturated carbocycles. The number of thioether (sulfide) groups is 1. The first-order chi connectivity index (χ1) is 12.9. The summed E-state index contributed by atoms with van der Waals surface area (Å²) in [5.74, 6) is -0.182. The molecule has 0 bridgehead atoms. The van der Waals surface area contributed by atoms with Crippen LogP contribution in [0.4, 0.5) is 0 Å². The van der Waals surface area contributed by atoms with Gasteiger partial charge in [0.05, 0.1) is 6.10 Å². The van der Waals surface area contributed by atoms with Crippen LogP contribution in [0.1, 0.15) is 35.1 Å². The van der Waals surface area contributed by atoms with Gasteiger partial charge in [-0.3, -0.25) is 4.79 Å². The van der Waals surface area contributed by atoms with Crippen LogP contribution in [0, 0.1) is 0 Å². The lowest BCUT2D eigenvalue weighted by Crippen LogP contribution is -2.44. The second-order valence-electron chi connectivity index (χ2n) is 6.46. The highest BCUT2D eigenvalue weighted by Gasteiger charge is 2.43. The molecule has 3 rings (SSSR count). The molecule has 0 aromatic heterocycles. The third-order valence-corrected chi connectivity index (χ3v) is 5.89. The van der Waals surface area contributed by atoms with Crippen molar-refractivity contribution in [2.75, 3.05) is 5.75 Å². The molecule has 4 nitrogen and oxygen atoms in total. The fourth-order valence-corrected chi connectivity index (χ4v) is 4.63. The third-order valence-electron chi connectivity index (χ3n) is 4.08. The number of benzene rings is 2. The molecule has 0 spiro atoms. The lowest BCUT2D eigenvalue weighted by atomic mass is 10.1. The number of amides is 1. The molecule has 1 saturated heterocycles. The highest BCUT2D eigenvalue weighted by molar-refractivity contribution is 7.99. The number of carbonyl (C=O) groups excluding carboxylic acids is 2. The number of halogens is 2. The average Bonchev–Trinajstić information content (AvgIpc) is 3.06. The van der Waals surface area contributed by atoms with Gasteiger partial charge in [-0.25, -0.2) is 4.79 Å². The van der Waals surface area contributed by atoms with Crippen LogP contribution in [-0.4, -0.2) is 34.7 Å². The Bertz CT molecular complexity index is 841. The summed E-state index contributed by atoms with van der Waals surface area (Å²) >= 11 is 13.6. The Kier molecular flexibility index (Phi) is 6.35. The van der Waals surface area contributed by atoms with Gasteiger partial charge in [0, 0.05) is 21.4 Å². The summed E-state index contributed by atoms with van der Waals surface area (Å²) < 4.78 is 5.38. The predicted molar refractivity (Wildman–Crippen MR) is 109 cm³/mol. The molecule has 1 aliphatic rings. The zero-order valence-electron chi connectivity index (χ0n) is 14.9. The van der Waals surface area contributed by atoms with Gasteiger partial charge in [0.15, 0.2) is 0 Å². The highest BCUT2D eigenvalue weighted by Crippen LogP contribution is 2.43. The number of ether oxygens (including phenoxy) is 1. The SMILES string of the molecule is CC(C)OC(=O)[C@H]1CS[C@@H](c2cccc(Cl)c2)N1C(=O)c1ccc(Cl)cc1. The number of hydrogen-bond donors (Lipinski definition) is 0. The van der Waals surface area contributed by atoms with Crippen LogP contribution in [0.3, 0.4) is 0 Å². The first kappa shape index (κ1) is 20.1. The van der Waals surface area contributed by atoms with Crippen molar-refractivity contribution < 1.29 is 14.3 Å². The molecule has 1 amide bonds. The van der Waals surface area contributed by atoms with Crippen LogP contribution in [0.25, 0.3) is 0 Å². The molecule has 1 aliphatic heterocycles. The van der Waals surface area contributed by atoms with Crippen molar-refractivity contribution in [3.8, 4) is 0 Å². The molecule has 7 heteroatoms. The Balaban J connectivity index is 1.97. The van der Waals surface area contributed by atoms with Gasteiger partial charge in [-0.1, -0.05) is 35.3 Å². The monoisotopic (exact) mass is 423 g/mol. The van der Waals surface area contributed by atoms with E-state index in [9.17, 15) is 9.59 Å². The third kappa shape index (κ3) is 4.60. The van der Waals surface area contributed by atoms with Crippen molar-refractivity contribution >= 4 is 46.8 Å². The second kappa shape index (κ2) is 8.55. The van der Waals surface area contributed by atoms with Crippen molar-refractivity contribution in [3.63, 3.8) is 0 Å². The Labute approximate surface area is 172 Å². The average molecular weight is 424 g/mol. The lowest BCUT2D eigenvalue weighted by Gasteiger charge is -2.29. The molecule has 0 N–H and O–H groups in total. The summed E-state index contributed by atoms with van der Waals surface area (Å²) in [6.45, 7) is 3.58. The molecule has 0 radical (unpaired) electrons. The van der Waals surface area contributed by atoms with Crippen LogP contribution in [0.15, 0.2) is 48.5 Å². The zero-order valence-corrected chi connectivity index (χ0v) is 17.2. The van der Waals surface area contributed by atoms with Gasteiger partial charge in [-0.15, -0.1) is 11.8 Å². The van der Waals surface area contributed by atoms with Gasteiger partial charge in [0.25, 0.3) is 5.91 Å². The minimum Gasteiger partial charge on any atom is -0.461 e. The highest BCUT2D eigenvalue weighted by atomic mass is 35.5. The van der Waals surface area contributed by atoms with E-state index in [1.54, 1.807) is 49.1 Å². The van der Waals surface area contributed by atoms with Gasteiger partial charge in [-0.2, -0.15) is 0 Å². The van der Waals surface area contributed by atoms with E-state index >= 15 is 0 Å². The van der Waals surface area contributed by atoms with E-state index in [4.69, 9.17) is 27.9 Å². The summed E-state index contributed by atoms with van der Waals surface area (Å²) in [6.07, 6.45) is -0.250. The van der Waals surface area contributed by atoms with Gasteiger partial charge < -0.3 is 9.64 Å². The molecular weight excluding hydrogens is 405 g/mol.